The van der Waals surface area contributed by atoms with Gasteiger partial charge in [0.15, 0.2) is 0 Å². The predicted molar refractivity (Wildman–Crippen MR) is 98.9 cm³/mol. The highest BCUT2D eigenvalue weighted by molar-refractivity contribution is 5.94. The van der Waals surface area contributed by atoms with Crippen LogP contribution in [0.25, 0.3) is 0 Å². The van der Waals surface area contributed by atoms with E-state index in [9.17, 15) is 9.18 Å². The lowest BCUT2D eigenvalue weighted by Crippen LogP contribution is -2.39. The fourth-order valence-electron chi connectivity index (χ4n) is 3.41. The molecule has 1 heterocycles. The number of hydrogen-bond donors (Lipinski definition) is 2. The average Bonchev–Trinajstić information content (AvgIpc) is 3.44. The third-order valence-corrected chi connectivity index (χ3v) is 5.00. The Morgan fingerprint density at radius 2 is 1.73 bits per heavy atom. The number of rotatable bonds is 4. The molecular weight excluding hydrogens is 333 g/mol. The summed E-state index contributed by atoms with van der Waals surface area (Å²) in [5.41, 5.74) is 2.33. The van der Waals surface area contributed by atoms with Crippen molar-refractivity contribution in [2.75, 3.05) is 36.5 Å². The first-order valence-corrected chi connectivity index (χ1v) is 8.93. The number of carbonyl (C=O) groups is 1. The first-order valence-electron chi connectivity index (χ1n) is 8.93. The molecule has 2 fully saturated rings. The molecule has 0 aromatic heterocycles. The number of ether oxygens (including phenoxy) is 1. The van der Waals surface area contributed by atoms with Gasteiger partial charge in [-0.25, -0.2) is 9.18 Å². The molecule has 0 radical (unpaired) electrons. The number of hydrogen-bond acceptors (Lipinski definition) is 3. The molecule has 6 heteroatoms. The number of para-hydroxylation sites is 2. The van der Waals surface area contributed by atoms with Crippen molar-refractivity contribution >= 4 is 17.4 Å². The smallest absolute Gasteiger partial charge is 0.319 e. The molecule has 2 aliphatic rings. The van der Waals surface area contributed by atoms with E-state index < -0.39 is 0 Å². The van der Waals surface area contributed by atoms with Gasteiger partial charge in [-0.1, -0.05) is 24.3 Å². The van der Waals surface area contributed by atoms with E-state index in [1.807, 2.05) is 24.3 Å². The lowest BCUT2D eigenvalue weighted by Gasteiger charge is -2.30. The lowest BCUT2D eigenvalue weighted by atomic mass is 10.1. The number of carbonyl (C=O) groups excluding carboxylic acids is 1. The Hall–Kier alpha value is -2.60. The van der Waals surface area contributed by atoms with Crippen LogP contribution in [-0.2, 0) is 10.3 Å². The van der Waals surface area contributed by atoms with Crippen LogP contribution in [0.2, 0.25) is 0 Å². The van der Waals surface area contributed by atoms with Gasteiger partial charge >= 0.3 is 6.03 Å². The Balaban J connectivity index is 1.46. The summed E-state index contributed by atoms with van der Waals surface area (Å²) in [6.07, 6.45) is 1.72. The van der Waals surface area contributed by atoms with Gasteiger partial charge < -0.3 is 20.3 Å². The van der Waals surface area contributed by atoms with Gasteiger partial charge in [-0.3, -0.25) is 0 Å². The van der Waals surface area contributed by atoms with Crippen molar-refractivity contribution in [3.63, 3.8) is 0 Å². The second-order valence-electron chi connectivity index (χ2n) is 6.78. The molecule has 1 aliphatic carbocycles. The minimum absolute atomic E-state index is 0.243. The van der Waals surface area contributed by atoms with E-state index in [4.69, 9.17) is 4.74 Å². The predicted octanol–water partition coefficient (Wildman–Crippen LogP) is 3.47. The van der Waals surface area contributed by atoms with Crippen LogP contribution in [0.1, 0.15) is 18.4 Å². The van der Waals surface area contributed by atoms with Gasteiger partial charge in [0.2, 0.25) is 0 Å². The van der Waals surface area contributed by atoms with E-state index in [-0.39, 0.29) is 17.4 Å². The van der Waals surface area contributed by atoms with Gasteiger partial charge in [-0.15, -0.1) is 0 Å². The highest BCUT2D eigenvalue weighted by Gasteiger charge is 2.45. The van der Waals surface area contributed by atoms with E-state index >= 15 is 0 Å². The standard InChI is InChI=1S/C20H22FN3O2/c21-16-7-5-15(6-8-16)20(9-10-20)23-19(25)22-17-3-1-2-4-18(17)24-11-13-26-14-12-24/h1-8H,9-14H2,(H2,22,23,25). The van der Waals surface area contributed by atoms with E-state index in [0.717, 1.165) is 42.9 Å². The van der Waals surface area contributed by atoms with Crippen molar-refractivity contribution in [3.05, 3.63) is 59.9 Å². The summed E-state index contributed by atoms with van der Waals surface area (Å²) in [7, 11) is 0. The van der Waals surface area contributed by atoms with Crippen LogP contribution in [0, 0.1) is 5.82 Å². The molecule has 2 N–H and O–H groups in total. The molecule has 0 spiro atoms. The van der Waals surface area contributed by atoms with Gasteiger partial charge in [0.05, 0.1) is 30.1 Å². The molecule has 4 rings (SSSR count). The third kappa shape index (κ3) is 3.51. The summed E-state index contributed by atoms with van der Waals surface area (Å²) in [4.78, 5) is 14.8. The zero-order chi connectivity index (χ0) is 18.0. The molecule has 2 amide bonds. The van der Waals surface area contributed by atoms with E-state index in [0.29, 0.717) is 13.2 Å². The molecule has 2 aromatic rings. The van der Waals surface area contributed by atoms with Crippen LogP contribution < -0.4 is 15.5 Å². The maximum Gasteiger partial charge on any atom is 0.319 e. The fourth-order valence-corrected chi connectivity index (χ4v) is 3.41. The Labute approximate surface area is 152 Å². The molecule has 2 aromatic carbocycles. The number of nitrogens with zero attached hydrogens (tertiary/aromatic N) is 1. The number of urea groups is 1. The number of amides is 2. The second-order valence-corrected chi connectivity index (χ2v) is 6.78. The minimum Gasteiger partial charge on any atom is -0.378 e. The average molecular weight is 355 g/mol. The SMILES string of the molecule is O=C(Nc1ccccc1N1CCOCC1)NC1(c2ccc(F)cc2)CC1. The number of nitrogens with one attached hydrogen (secondary N) is 2. The minimum atomic E-state index is -0.383. The summed E-state index contributed by atoms with van der Waals surface area (Å²) in [5, 5.41) is 6.04. The monoisotopic (exact) mass is 355 g/mol. The Kier molecular flexibility index (Phi) is 4.51. The Morgan fingerprint density at radius 1 is 1.04 bits per heavy atom. The van der Waals surface area contributed by atoms with Gasteiger partial charge in [0.25, 0.3) is 0 Å². The van der Waals surface area contributed by atoms with Crippen LogP contribution in [0.3, 0.4) is 0 Å². The Bertz CT molecular complexity index is 784. The fraction of sp³-hybridized carbons (Fsp3) is 0.350. The molecule has 0 atom stereocenters. The van der Waals surface area contributed by atoms with E-state index in [1.165, 1.54) is 12.1 Å². The maximum atomic E-state index is 13.2. The van der Waals surface area contributed by atoms with Crippen molar-refractivity contribution in [1.29, 1.82) is 0 Å². The molecular formula is C20H22FN3O2. The highest BCUT2D eigenvalue weighted by atomic mass is 19.1. The van der Waals surface area contributed by atoms with Gasteiger partial charge in [0, 0.05) is 13.1 Å². The summed E-state index contributed by atoms with van der Waals surface area (Å²) in [6.45, 7) is 2.99. The van der Waals surface area contributed by atoms with Crippen molar-refractivity contribution < 1.29 is 13.9 Å². The number of benzene rings is 2. The quantitative estimate of drug-likeness (QED) is 0.883. The molecule has 1 saturated heterocycles. The molecule has 26 heavy (non-hydrogen) atoms. The molecule has 0 unspecified atom stereocenters. The zero-order valence-corrected chi connectivity index (χ0v) is 14.5. The van der Waals surface area contributed by atoms with Gasteiger partial charge in [0.1, 0.15) is 5.82 Å². The van der Waals surface area contributed by atoms with E-state index in [2.05, 4.69) is 15.5 Å². The molecule has 1 saturated carbocycles. The normalized spacial score (nSPS) is 18.3. The number of anilines is 2. The van der Waals surface area contributed by atoms with Crippen LogP contribution >= 0.6 is 0 Å². The first kappa shape index (κ1) is 16.8. The molecule has 1 aliphatic heterocycles. The number of morpholine rings is 1. The van der Waals surface area contributed by atoms with Crippen LogP contribution in [0.15, 0.2) is 48.5 Å². The number of halogens is 1. The van der Waals surface area contributed by atoms with Crippen molar-refractivity contribution in [2.45, 2.75) is 18.4 Å². The largest absolute Gasteiger partial charge is 0.378 e. The molecule has 0 bridgehead atoms. The first-order chi connectivity index (χ1) is 12.7. The lowest BCUT2D eigenvalue weighted by molar-refractivity contribution is 0.123. The van der Waals surface area contributed by atoms with Crippen LogP contribution in [0.4, 0.5) is 20.6 Å². The zero-order valence-electron chi connectivity index (χ0n) is 14.5. The summed E-state index contributed by atoms with van der Waals surface area (Å²) >= 11 is 0. The highest BCUT2D eigenvalue weighted by Crippen LogP contribution is 2.45. The molecule has 136 valence electrons. The summed E-state index contributed by atoms with van der Waals surface area (Å²) < 4.78 is 18.6. The van der Waals surface area contributed by atoms with Crippen molar-refractivity contribution in [1.82, 2.24) is 5.32 Å². The Morgan fingerprint density at radius 3 is 2.42 bits per heavy atom. The van der Waals surface area contributed by atoms with E-state index in [1.54, 1.807) is 12.1 Å². The molecule has 5 nitrogen and oxygen atoms in total. The van der Waals surface area contributed by atoms with Crippen LogP contribution in [-0.4, -0.2) is 32.3 Å². The summed E-state index contributed by atoms with van der Waals surface area (Å²) in [5.74, 6) is -0.270. The van der Waals surface area contributed by atoms with Crippen LogP contribution in [0.5, 0.6) is 0 Å². The van der Waals surface area contributed by atoms with Crippen molar-refractivity contribution in [2.24, 2.45) is 0 Å². The van der Waals surface area contributed by atoms with Crippen molar-refractivity contribution in [3.8, 4) is 0 Å². The third-order valence-electron chi connectivity index (χ3n) is 5.00. The van der Waals surface area contributed by atoms with Gasteiger partial charge in [-0.2, -0.15) is 0 Å². The maximum absolute atomic E-state index is 13.2. The summed E-state index contributed by atoms with van der Waals surface area (Å²) in [6, 6.07) is 13.9. The topological polar surface area (TPSA) is 53.6 Å². The van der Waals surface area contributed by atoms with Gasteiger partial charge in [-0.05, 0) is 42.7 Å². The second kappa shape index (κ2) is 6.96.